The van der Waals surface area contributed by atoms with Crippen molar-refractivity contribution in [2.24, 2.45) is 0 Å². The number of nitro benzene ring substituents is 1. The quantitative estimate of drug-likeness (QED) is 0.518. The highest BCUT2D eigenvalue weighted by atomic mass is 32.1. The van der Waals surface area contributed by atoms with Crippen LogP contribution in [0.25, 0.3) is 10.6 Å². The molecule has 0 saturated carbocycles. The van der Waals surface area contributed by atoms with Gasteiger partial charge in [-0.25, -0.2) is 15.0 Å². The van der Waals surface area contributed by atoms with E-state index in [4.69, 9.17) is 0 Å². The van der Waals surface area contributed by atoms with Crippen LogP contribution in [-0.4, -0.2) is 26.9 Å². The molecule has 0 radical (unpaired) electrons. The Labute approximate surface area is 152 Å². The number of thiazole rings is 1. The molecule has 3 rings (SSSR count). The van der Waals surface area contributed by atoms with Crippen LogP contribution in [0.3, 0.4) is 0 Å². The first kappa shape index (κ1) is 17.2. The summed E-state index contributed by atoms with van der Waals surface area (Å²) in [6.07, 6.45) is 1.42. The number of hydrogen-bond donors (Lipinski definition) is 2. The summed E-state index contributed by atoms with van der Waals surface area (Å²) in [6, 6.07) is 8.11. The van der Waals surface area contributed by atoms with E-state index in [1.807, 2.05) is 6.92 Å². The molecule has 1 aromatic carbocycles. The summed E-state index contributed by atoms with van der Waals surface area (Å²) in [5.74, 6) is 0.235. The highest BCUT2D eigenvalue weighted by Crippen LogP contribution is 2.33. The van der Waals surface area contributed by atoms with E-state index in [9.17, 15) is 15.4 Å². The van der Waals surface area contributed by atoms with Gasteiger partial charge in [-0.15, -0.1) is 0 Å². The Morgan fingerprint density at radius 2 is 2.15 bits per heavy atom. The number of nitriles is 1. The fourth-order valence-corrected chi connectivity index (χ4v) is 3.17. The molecule has 0 aliphatic carbocycles. The van der Waals surface area contributed by atoms with E-state index < -0.39 is 4.92 Å². The van der Waals surface area contributed by atoms with Crippen molar-refractivity contribution >= 4 is 33.8 Å². The molecule has 9 nitrogen and oxygen atoms in total. The molecule has 2 aromatic heterocycles. The average molecular weight is 367 g/mol. The second-order valence-corrected chi connectivity index (χ2v) is 6.18. The number of anilines is 3. The first-order valence-corrected chi connectivity index (χ1v) is 8.27. The summed E-state index contributed by atoms with van der Waals surface area (Å²) in [5.41, 5.74) is 1.97. The van der Waals surface area contributed by atoms with Crippen LogP contribution in [0.5, 0.6) is 0 Å². The van der Waals surface area contributed by atoms with Crippen LogP contribution in [0.2, 0.25) is 0 Å². The zero-order valence-electron chi connectivity index (χ0n) is 13.8. The summed E-state index contributed by atoms with van der Waals surface area (Å²) in [4.78, 5) is 24.1. The number of aryl methyl sites for hydroxylation is 1. The number of hydrogen-bond acceptors (Lipinski definition) is 9. The van der Waals surface area contributed by atoms with Crippen LogP contribution in [0.15, 0.2) is 30.5 Å². The first-order chi connectivity index (χ1) is 12.5. The summed E-state index contributed by atoms with van der Waals surface area (Å²) < 4.78 is 0. The van der Waals surface area contributed by atoms with E-state index in [1.54, 1.807) is 19.2 Å². The van der Waals surface area contributed by atoms with Crippen LogP contribution >= 0.6 is 11.3 Å². The lowest BCUT2D eigenvalue weighted by molar-refractivity contribution is -0.384. The fourth-order valence-electron chi connectivity index (χ4n) is 2.25. The number of nitrogens with one attached hydrogen (secondary N) is 2. The molecular formula is C16H13N7O2S. The SMILES string of the molecule is CNc1nc(C)c(-c2nc(Nc3cccc([N+](=O)[O-])c3)ncc2C#N)s1. The molecule has 130 valence electrons. The smallest absolute Gasteiger partial charge is 0.271 e. The van der Waals surface area contributed by atoms with Gasteiger partial charge in [0, 0.05) is 24.9 Å². The lowest BCUT2D eigenvalue weighted by Gasteiger charge is -2.07. The van der Waals surface area contributed by atoms with Crippen LogP contribution in [-0.2, 0) is 0 Å². The van der Waals surface area contributed by atoms with E-state index in [2.05, 4.69) is 31.7 Å². The van der Waals surface area contributed by atoms with Gasteiger partial charge in [0.15, 0.2) is 5.13 Å². The number of nitro groups is 1. The molecule has 2 heterocycles. The van der Waals surface area contributed by atoms with E-state index in [0.29, 0.717) is 22.1 Å². The maximum atomic E-state index is 10.9. The van der Waals surface area contributed by atoms with Gasteiger partial charge < -0.3 is 10.6 Å². The van der Waals surface area contributed by atoms with Crippen molar-refractivity contribution in [3.05, 3.63) is 51.8 Å². The molecule has 0 atom stereocenters. The van der Waals surface area contributed by atoms with Crippen molar-refractivity contribution in [3.63, 3.8) is 0 Å². The van der Waals surface area contributed by atoms with Crippen molar-refractivity contribution < 1.29 is 4.92 Å². The average Bonchev–Trinajstić information content (AvgIpc) is 3.02. The normalized spacial score (nSPS) is 10.2. The second-order valence-electron chi connectivity index (χ2n) is 5.18. The predicted molar refractivity (Wildman–Crippen MR) is 98.5 cm³/mol. The molecular weight excluding hydrogens is 354 g/mol. The largest absolute Gasteiger partial charge is 0.365 e. The van der Waals surface area contributed by atoms with Gasteiger partial charge in [-0.2, -0.15) is 5.26 Å². The van der Waals surface area contributed by atoms with Gasteiger partial charge in [-0.05, 0) is 13.0 Å². The standard InChI is InChI=1S/C16H13N7O2S/c1-9-14(26-16(18-2)20-9)13-10(7-17)8-19-15(22-13)21-11-4-3-5-12(6-11)23(24)25/h3-6,8H,1-2H3,(H,18,20)(H,19,21,22). The van der Waals surface area contributed by atoms with Crippen LogP contribution in [0, 0.1) is 28.4 Å². The Morgan fingerprint density at radius 1 is 1.35 bits per heavy atom. The first-order valence-electron chi connectivity index (χ1n) is 7.46. The molecule has 0 fully saturated rings. The van der Waals surface area contributed by atoms with Crippen LogP contribution < -0.4 is 10.6 Å². The molecule has 0 spiro atoms. The number of aromatic nitrogens is 3. The number of non-ortho nitro benzene ring substituents is 1. The third-order valence-electron chi connectivity index (χ3n) is 3.45. The summed E-state index contributed by atoms with van der Waals surface area (Å²) in [5, 5.41) is 26.9. The maximum absolute atomic E-state index is 10.9. The molecule has 10 heteroatoms. The fraction of sp³-hybridized carbons (Fsp3) is 0.125. The van der Waals surface area contributed by atoms with Gasteiger partial charge >= 0.3 is 0 Å². The Kier molecular flexibility index (Phi) is 4.72. The lowest BCUT2D eigenvalue weighted by atomic mass is 10.2. The van der Waals surface area contributed by atoms with Gasteiger partial charge in [-0.3, -0.25) is 10.1 Å². The number of rotatable bonds is 5. The van der Waals surface area contributed by atoms with Crippen LogP contribution in [0.4, 0.5) is 22.5 Å². The zero-order valence-corrected chi connectivity index (χ0v) is 14.7. The molecule has 0 aliphatic rings. The van der Waals surface area contributed by atoms with Gasteiger partial charge in [0.05, 0.1) is 27.3 Å². The topological polar surface area (TPSA) is 130 Å². The predicted octanol–water partition coefficient (Wildman–Crippen LogP) is 3.47. The molecule has 0 unspecified atom stereocenters. The van der Waals surface area contributed by atoms with Crippen molar-refractivity contribution in [3.8, 4) is 16.6 Å². The van der Waals surface area contributed by atoms with E-state index >= 15 is 0 Å². The molecule has 0 saturated heterocycles. The van der Waals surface area contributed by atoms with E-state index in [0.717, 1.165) is 10.6 Å². The molecule has 26 heavy (non-hydrogen) atoms. The van der Waals surface area contributed by atoms with Crippen molar-refractivity contribution in [2.45, 2.75) is 6.92 Å². The van der Waals surface area contributed by atoms with Gasteiger partial charge in [0.2, 0.25) is 5.95 Å². The Hall–Kier alpha value is -3.58. The zero-order chi connectivity index (χ0) is 18.7. The summed E-state index contributed by atoms with van der Waals surface area (Å²) in [7, 11) is 1.77. The molecule has 2 N–H and O–H groups in total. The minimum atomic E-state index is -0.476. The van der Waals surface area contributed by atoms with Gasteiger partial charge in [0.1, 0.15) is 11.8 Å². The summed E-state index contributed by atoms with van der Waals surface area (Å²) in [6.45, 7) is 1.84. The summed E-state index contributed by atoms with van der Waals surface area (Å²) >= 11 is 1.38. The van der Waals surface area contributed by atoms with Crippen molar-refractivity contribution in [1.82, 2.24) is 15.0 Å². The third kappa shape index (κ3) is 3.42. The van der Waals surface area contributed by atoms with E-state index in [-0.39, 0.29) is 11.6 Å². The molecule has 0 bridgehead atoms. The second kappa shape index (κ2) is 7.12. The number of benzene rings is 1. The highest BCUT2D eigenvalue weighted by molar-refractivity contribution is 7.19. The maximum Gasteiger partial charge on any atom is 0.271 e. The van der Waals surface area contributed by atoms with Crippen LogP contribution in [0.1, 0.15) is 11.3 Å². The minimum absolute atomic E-state index is 0.0409. The van der Waals surface area contributed by atoms with E-state index in [1.165, 1.54) is 29.7 Å². The van der Waals surface area contributed by atoms with Crippen molar-refractivity contribution in [1.29, 1.82) is 5.26 Å². The molecule has 3 aromatic rings. The number of nitrogens with zero attached hydrogens (tertiary/aromatic N) is 5. The third-order valence-corrected chi connectivity index (χ3v) is 4.63. The van der Waals surface area contributed by atoms with Crippen molar-refractivity contribution in [2.75, 3.05) is 17.7 Å². The Bertz CT molecular complexity index is 1030. The lowest BCUT2D eigenvalue weighted by Crippen LogP contribution is -2.01. The van der Waals surface area contributed by atoms with Gasteiger partial charge in [0.25, 0.3) is 5.69 Å². The monoisotopic (exact) mass is 367 g/mol. The molecule has 0 aliphatic heterocycles. The highest BCUT2D eigenvalue weighted by Gasteiger charge is 2.16. The Morgan fingerprint density at radius 3 is 2.81 bits per heavy atom. The minimum Gasteiger partial charge on any atom is -0.365 e. The van der Waals surface area contributed by atoms with Gasteiger partial charge in [-0.1, -0.05) is 17.4 Å². The Balaban J connectivity index is 2.00. The molecule has 0 amide bonds.